The smallest absolute Gasteiger partial charge is 0.0577 e. The second kappa shape index (κ2) is 5.08. The summed E-state index contributed by atoms with van der Waals surface area (Å²) in [4.78, 5) is 1.24. The van der Waals surface area contributed by atoms with Gasteiger partial charge in [0.25, 0.3) is 0 Å². The highest BCUT2D eigenvalue weighted by Gasteiger charge is 2.03. The lowest BCUT2D eigenvalue weighted by molar-refractivity contribution is 1.18. The molecule has 0 radical (unpaired) electrons. The van der Waals surface area contributed by atoms with E-state index in [0.29, 0.717) is 10.7 Å². The van der Waals surface area contributed by atoms with E-state index in [1.54, 1.807) is 17.4 Å². The molecule has 0 aliphatic heterocycles. The van der Waals surface area contributed by atoms with E-state index < -0.39 is 0 Å². The highest BCUT2D eigenvalue weighted by Crippen LogP contribution is 2.26. The molecule has 1 aromatic carbocycles. The summed E-state index contributed by atoms with van der Waals surface area (Å²) in [6.45, 7) is 0.754. The molecule has 0 fully saturated rings. The van der Waals surface area contributed by atoms with Gasteiger partial charge in [-0.15, -0.1) is 11.3 Å². The van der Waals surface area contributed by atoms with Crippen molar-refractivity contribution >= 4 is 50.2 Å². The highest BCUT2D eigenvalue weighted by molar-refractivity contribution is 9.10. The van der Waals surface area contributed by atoms with Gasteiger partial charge < -0.3 is 11.1 Å². The summed E-state index contributed by atoms with van der Waals surface area (Å²) in [5, 5.41) is 5.98. The first-order chi connectivity index (χ1) is 7.66. The Kier molecular flexibility index (Phi) is 3.74. The van der Waals surface area contributed by atoms with Crippen LogP contribution < -0.4 is 11.1 Å². The van der Waals surface area contributed by atoms with E-state index >= 15 is 0 Å². The van der Waals surface area contributed by atoms with Crippen molar-refractivity contribution in [1.82, 2.24) is 0 Å². The van der Waals surface area contributed by atoms with Crippen molar-refractivity contribution in [1.29, 1.82) is 0 Å². The maximum Gasteiger partial charge on any atom is 0.0577 e. The number of nitrogen functional groups attached to an aromatic ring is 1. The SMILES string of the molecule is Nc1cc(Cl)ccc1NCc1sccc1Br. The fourth-order valence-corrected chi connectivity index (χ4v) is 2.93. The largest absolute Gasteiger partial charge is 0.397 e. The van der Waals surface area contributed by atoms with Crippen molar-refractivity contribution in [2.45, 2.75) is 6.54 Å². The first-order valence-electron chi connectivity index (χ1n) is 4.67. The van der Waals surface area contributed by atoms with Crippen LogP contribution in [0.3, 0.4) is 0 Å². The lowest BCUT2D eigenvalue weighted by Crippen LogP contribution is -2.01. The maximum absolute atomic E-state index is 5.84. The van der Waals surface area contributed by atoms with Gasteiger partial charge >= 0.3 is 0 Å². The average molecular weight is 318 g/mol. The fourth-order valence-electron chi connectivity index (χ4n) is 1.32. The van der Waals surface area contributed by atoms with Crippen molar-refractivity contribution < 1.29 is 0 Å². The van der Waals surface area contributed by atoms with Gasteiger partial charge in [0.1, 0.15) is 0 Å². The number of hydrogen-bond donors (Lipinski definition) is 2. The number of benzene rings is 1. The molecule has 1 heterocycles. The van der Waals surface area contributed by atoms with Crippen molar-refractivity contribution in [2.75, 3.05) is 11.1 Å². The van der Waals surface area contributed by atoms with Crippen molar-refractivity contribution in [3.05, 3.63) is 44.0 Å². The maximum atomic E-state index is 5.84. The zero-order chi connectivity index (χ0) is 11.5. The number of thiophene rings is 1. The summed E-state index contributed by atoms with van der Waals surface area (Å²) in [7, 11) is 0. The zero-order valence-electron chi connectivity index (χ0n) is 8.34. The fraction of sp³-hybridized carbons (Fsp3) is 0.0909. The van der Waals surface area contributed by atoms with Crippen LogP contribution in [0, 0.1) is 0 Å². The van der Waals surface area contributed by atoms with Crippen molar-refractivity contribution in [3.8, 4) is 0 Å². The lowest BCUT2D eigenvalue weighted by Gasteiger charge is -2.08. The van der Waals surface area contributed by atoms with Gasteiger partial charge in [-0.1, -0.05) is 11.6 Å². The van der Waals surface area contributed by atoms with Gasteiger partial charge in [-0.05, 0) is 45.6 Å². The summed E-state index contributed by atoms with van der Waals surface area (Å²) in [5.74, 6) is 0. The van der Waals surface area contributed by atoms with Crippen molar-refractivity contribution in [3.63, 3.8) is 0 Å². The summed E-state index contributed by atoms with van der Waals surface area (Å²) in [5.41, 5.74) is 7.42. The molecule has 0 spiro atoms. The topological polar surface area (TPSA) is 38.0 Å². The Balaban J connectivity index is 2.08. The first-order valence-corrected chi connectivity index (χ1v) is 6.72. The minimum absolute atomic E-state index is 0.653. The van der Waals surface area contributed by atoms with Gasteiger partial charge in [-0.3, -0.25) is 0 Å². The van der Waals surface area contributed by atoms with Gasteiger partial charge in [0.15, 0.2) is 0 Å². The monoisotopic (exact) mass is 316 g/mol. The molecular formula is C11H10BrClN2S. The van der Waals surface area contributed by atoms with Gasteiger partial charge in [0.05, 0.1) is 17.9 Å². The van der Waals surface area contributed by atoms with Gasteiger partial charge in [0.2, 0.25) is 0 Å². The first kappa shape index (κ1) is 11.8. The molecule has 0 unspecified atom stereocenters. The molecular weight excluding hydrogens is 308 g/mol. The summed E-state index contributed by atoms with van der Waals surface area (Å²) < 4.78 is 1.12. The Bertz CT molecular complexity index is 498. The summed E-state index contributed by atoms with van der Waals surface area (Å²) in [6.07, 6.45) is 0. The zero-order valence-corrected chi connectivity index (χ0v) is 11.5. The number of hydrogen-bond acceptors (Lipinski definition) is 3. The van der Waals surface area contributed by atoms with Crippen LogP contribution in [0.25, 0.3) is 0 Å². The molecule has 0 saturated carbocycles. The third kappa shape index (κ3) is 2.70. The van der Waals surface area contributed by atoms with Crippen LogP contribution in [0.4, 0.5) is 11.4 Å². The third-order valence-corrected chi connectivity index (χ3v) is 4.31. The predicted octanol–water partition coefficient (Wildman–Crippen LogP) is 4.36. The number of nitrogens with one attached hydrogen (secondary N) is 1. The Morgan fingerprint density at radius 2 is 2.19 bits per heavy atom. The van der Waals surface area contributed by atoms with Gasteiger partial charge in [-0.2, -0.15) is 0 Å². The summed E-state index contributed by atoms with van der Waals surface area (Å²) in [6, 6.07) is 7.49. The standard InChI is InChI=1S/C11H10BrClN2S/c12-8-3-4-16-11(8)6-15-10-2-1-7(13)5-9(10)14/h1-5,15H,6,14H2. The molecule has 5 heteroatoms. The number of nitrogens with two attached hydrogens (primary N) is 1. The number of rotatable bonds is 3. The Labute approximate surface area is 112 Å². The van der Waals surface area contributed by atoms with E-state index in [4.69, 9.17) is 17.3 Å². The third-order valence-electron chi connectivity index (χ3n) is 2.14. The molecule has 2 rings (SSSR count). The minimum Gasteiger partial charge on any atom is -0.397 e. The molecule has 2 nitrogen and oxygen atoms in total. The molecule has 0 aliphatic rings. The van der Waals surface area contributed by atoms with Crippen LogP contribution in [0.2, 0.25) is 5.02 Å². The van der Waals surface area contributed by atoms with Gasteiger partial charge in [0, 0.05) is 14.4 Å². The quantitative estimate of drug-likeness (QED) is 0.826. The molecule has 0 aliphatic carbocycles. The molecule has 0 bridgehead atoms. The van der Waals surface area contributed by atoms with Crippen LogP contribution in [-0.4, -0.2) is 0 Å². The van der Waals surface area contributed by atoms with Crippen LogP contribution in [0.1, 0.15) is 4.88 Å². The molecule has 0 amide bonds. The van der Waals surface area contributed by atoms with E-state index in [9.17, 15) is 0 Å². The van der Waals surface area contributed by atoms with Gasteiger partial charge in [-0.25, -0.2) is 0 Å². The van der Waals surface area contributed by atoms with Crippen LogP contribution in [-0.2, 0) is 6.54 Å². The van der Waals surface area contributed by atoms with Crippen LogP contribution in [0.15, 0.2) is 34.1 Å². The number of anilines is 2. The second-order valence-electron chi connectivity index (χ2n) is 3.28. The molecule has 84 valence electrons. The molecule has 0 saturated heterocycles. The van der Waals surface area contributed by atoms with E-state index in [-0.39, 0.29) is 0 Å². The predicted molar refractivity (Wildman–Crippen MR) is 75.2 cm³/mol. The van der Waals surface area contributed by atoms with E-state index in [1.807, 2.05) is 23.6 Å². The Morgan fingerprint density at radius 3 is 2.81 bits per heavy atom. The molecule has 2 aromatic rings. The van der Waals surface area contributed by atoms with E-state index in [2.05, 4.69) is 21.2 Å². The number of halogens is 2. The Morgan fingerprint density at radius 1 is 1.38 bits per heavy atom. The summed E-state index contributed by atoms with van der Waals surface area (Å²) >= 11 is 11.0. The lowest BCUT2D eigenvalue weighted by atomic mass is 10.2. The normalized spacial score (nSPS) is 10.4. The second-order valence-corrected chi connectivity index (χ2v) is 5.57. The average Bonchev–Trinajstić information content (AvgIpc) is 2.63. The van der Waals surface area contributed by atoms with Crippen LogP contribution in [0.5, 0.6) is 0 Å². The van der Waals surface area contributed by atoms with E-state index in [0.717, 1.165) is 16.7 Å². The van der Waals surface area contributed by atoms with Crippen LogP contribution >= 0.6 is 38.9 Å². The molecule has 16 heavy (non-hydrogen) atoms. The Hall–Kier alpha value is -0.710. The highest BCUT2D eigenvalue weighted by atomic mass is 79.9. The van der Waals surface area contributed by atoms with E-state index in [1.165, 1.54) is 4.88 Å². The van der Waals surface area contributed by atoms with Crippen molar-refractivity contribution in [2.24, 2.45) is 0 Å². The minimum atomic E-state index is 0.653. The molecule has 0 atom stereocenters. The molecule has 1 aromatic heterocycles. The molecule has 3 N–H and O–H groups in total.